The Morgan fingerprint density at radius 2 is 2.00 bits per heavy atom. The topological polar surface area (TPSA) is 52.3 Å². The van der Waals surface area contributed by atoms with Gasteiger partial charge in [0.25, 0.3) is 0 Å². The Bertz CT molecular complexity index is 380. The first kappa shape index (κ1) is 12.7. The van der Waals surface area contributed by atoms with E-state index in [1.165, 1.54) is 0 Å². The van der Waals surface area contributed by atoms with E-state index in [0.29, 0.717) is 5.75 Å². The lowest BCUT2D eigenvalue weighted by atomic mass is 9.85. The van der Waals surface area contributed by atoms with Crippen molar-refractivity contribution in [3.05, 3.63) is 29.3 Å². The van der Waals surface area contributed by atoms with Gasteiger partial charge in [0.1, 0.15) is 12.0 Å². The second-order valence-electron chi connectivity index (χ2n) is 4.87. The summed E-state index contributed by atoms with van der Waals surface area (Å²) in [6, 6.07) is 5.18. The maximum Gasteiger partial charge on any atom is 0.141 e. The lowest BCUT2D eigenvalue weighted by Crippen LogP contribution is -2.16. The summed E-state index contributed by atoms with van der Waals surface area (Å²) in [5.74, 6) is 0.660. The molecule has 3 heteroatoms. The highest BCUT2D eigenvalue weighted by molar-refractivity contribution is 5.64. The minimum atomic E-state index is -0.628. The number of hydrogen-bond acceptors (Lipinski definition) is 3. The van der Waals surface area contributed by atoms with Crippen molar-refractivity contribution < 1.29 is 9.53 Å². The van der Waals surface area contributed by atoms with Gasteiger partial charge < -0.3 is 15.3 Å². The van der Waals surface area contributed by atoms with Crippen LogP contribution in [0.1, 0.15) is 37.9 Å². The van der Waals surface area contributed by atoms with Crippen molar-refractivity contribution in [2.24, 2.45) is 5.73 Å². The highest BCUT2D eigenvalue weighted by Crippen LogP contribution is 2.30. The molecule has 0 bridgehead atoms. The number of methoxy groups -OCH3 is 1. The van der Waals surface area contributed by atoms with Crippen LogP contribution >= 0.6 is 0 Å². The average molecular weight is 221 g/mol. The summed E-state index contributed by atoms with van der Waals surface area (Å²) in [6.45, 7) is 6.35. The maximum absolute atomic E-state index is 10.8. The monoisotopic (exact) mass is 221 g/mol. The van der Waals surface area contributed by atoms with Gasteiger partial charge in [-0.25, -0.2) is 0 Å². The third-order valence-electron chi connectivity index (χ3n) is 2.60. The quantitative estimate of drug-likeness (QED) is 0.796. The second kappa shape index (κ2) is 4.66. The molecule has 0 aromatic heterocycles. The maximum atomic E-state index is 10.8. The van der Waals surface area contributed by atoms with E-state index in [1.807, 2.05) is 18.2 Å². The summed E-state index contributed by atoms with van der Waals surface area (Å²) >= 11 is 0. The predicted molar refractivity (Wildman–Crippen MR) is 64.7 cm³/mol. The van der Waals surface area contributed by atoms with Gasteiger partial charge in [-0.05, 0) is 23.1 Å². The fourth-order valence-electron chi connectivity index (χ4n) is 1.53. The van der Waals surface area contributed by atoms with Crippen molar-refractivity contribution in [3.8, 4) is 5.75 Å². The predicted octanol–water partition coefficient (Wildman–Crippen LogP) is 2.19. The van der Waals surface area contributed by atoms with Crippen LogP contribution in [0, 0.1) is 0 Å². The molecule has 0 amide bonds. The lowest BCUT2D eigenvalue weighted by Gasteiger charge is -2.21. The van der Waals surface area contributed by atoms with Crippen molar-refractivity contribution in [2.45, 2.75) is 32.2 Å². The summed E-state index contributed by atoms with van der Waals surface area (Å²) in [7, 11) is 1.58. The van der Waals surface area contributed by atoms with Crippen LogP contribution in [-0.4, -0.2) is 13.4 Å². The second-order valence-corrected chi connectivity index (χ2v) is 4.87. The van der Waals surface area contributed by atoms with Gasteiger partial charge in [-0.15, -0.1) is 0 Å². The fourth-order valence-corrected chi connectivity index (χ4v) is 1.53. The van der Waals surface area contributed by atoms with Crippen LogP contribution in [0.5, 0.6) is 5.75 Å². The normalized spacial score (nSPS) is 13.3. The highest BCUT2D eigenvalue weighted by Gasteiger charge is 2.18. The van der Waals surface area contributed by atoms with E-state index >= 15 is 0 Å². The Morgan fingerprint density at radius 3 is 2.44 bits per heavy atom. The molecule has 0 radical (unpaired) electrons. The first-order valence-corrected chi connectivity index (χ1v) is 5.29. The minimum Gasteiger partial charge on any atom is -0.496 e. The number of nitrogens with two attached hydrogens (primary N) is 1. The molecule has 1 aromatic rings. The Balaban J connectivity index is 3.26. The van der Waals surface area contributed by atoms with E-state index in [2.05, 4.69) is 20.8 Å². The number of ether oxygens (including phenoxy) is 1. The highest BCUT2D eigenvalue weighted by atomic mass is 16.5. The zero-order valence-corrected chi connectivity index (χ0v) is 10.3. The molecular formula is C13H19NO2. The Morgan fingerprint density at radius 1 is 1.38 bits per heavy atom. The molecule has 2 N–H and O–H groups in total. The summed E-state index contributed by atoms with van der Waals surface area (Å²) in [5, 5.41) is 0. The van der Waals surface area contributed by atoms with Gasteiger partial charge in [0, 0.05) is 5.56 Å². The van der Waals surface area contributed by atoms with Gasteiger partial charge in [0.15, 0.2) is 0 Å². The van der Waals surface area contributed by atoms with Gasteiger partial charge >= 0.3 is 0 Å². The van der Waals surface area contributed by atoms with Crippen LogP contribution in [0.3, 0.4) is 0 Å². The molecule has 0 fully saturated rings. The van der Waals surface area contributed by atoms with Crippen LogP contribution in [0.4, 0.5) is 0 Å². The summed E-state index contributed by atoms with van der Waals surface area (Å²) in [4.78, 5) is 10.8. The molecule has 88 valence electrons. The molecule has 0 aliphatic carbocycles. The van der Waals surface area contributed by atoms with E-state index in [1.54, 1.807) is 7.11 Å². The number of aldehydes is 1. The molecule has 3 nitrogen and oxygen atoms in total. The number of benzene rings is 1. The van der Waals surface area contributed by atoms with Gasteiger partial charge in [-0.1, -0.05) is 26.8 Å². The SMILES string of the molecule is COc1ccc(C(C)(C)C)cc1C(N)C=O. The van der Waals surface area contributed by atoms with Gasteiger partial charge in [-0.2, -0.15) is 0 Å². The molecule has 1 atom stereocenters. The van der Waals surface area contributed by atoms with Crippen molar-refractivity contribution in [3.63, 3.8) is 0 Å². The Hall–Kier alpha value is -1.35. The van der Waals surface area contributed by atoms with E-state index in [4.69, 9.17) is 10.5 Å². The summed E-state index contributed by atoms with van der Waals surface area (Å²) in [5.41, 5.74) is 7.65. The van der Waals surface area contributed by atoms with E-state index in [9.17, 15) is 4.79 Å². The van der Waals surface area contributed by atoms with Gasteiger partial charge in [-0.3, -0.25) is 0 Å². The van der Waals surface area contributed by atoms with E-state index in [-0.39, 0.29) is 5.41 Å². The zero-order valence-electron chi connectivity index (χ0n) is 10.3. The fraction of sp³-hybridized carbons (Fsp3) is 0.462. The van der Waals surface area contributed by atoms with Crippen molar-refractivity contribution in [1.29, 1.82) is 0 Å². The van der Waals surface area contributed by atoms with Gasteiger partial charge in [0.05, 0.1) is 13.2 Å². The molecule has 1 aromatic carbocycles. The molecular weight excluding hydrogens is 202 g/mol. The van der Waals surface area contributed by atoms with Crippen LogP contribution in [0.2, 0.25) is 0 Å². The Labute approximate surface area is 96.6 Å². The zero-order chi connectivity index (χ0) is 12.3. The molecule has 0 heterocycles. The van der Waals surface area contributed by atoms with Crippen LogP contribution in [0.15, 0.2) is 18.2 Å². The van der Waals surface area contributed by atoms with Crippen LogP contribution in [0.25, 0.3) is 0 Å². The Kier molecular flexibility index (Phi) is 3.70. The largest absolute Gasteiger partial charge is 0.496 e. The molecule has 0 saturated carbocycles. The third kappa shape index (κ3) is 2.61. The van der Waals surface area contributed by atoms with E-state index in [0.717, 1.165) is 17.4 Å². The molecule has 1 unspecified atom stereocenters. The standard InChI is InChI=1S/C13H19NO2/c1-13(2,3)9-5-6-12(16-4)10(7-9)11(14)8-15/h5-8,11H,14H2,1-4H3. The van der Waals surface area contributed by atoms with Crippen molar-refractivity contribution >= 4 is 6.29 Å². The van der Waals surface area contributed by atoms with E-state index < -0.39 is 6.04 Å². The molecule has 0 saturated heterocycles. The summed E-state index contributed by atoms with van der Waals surface area (Å²) < 4.78 is 5.20. The number of carbonyl (C=O) groups is 1. The van der Waals surface area contributed by atoms with Crippen molar-refractivity contribution in [1.82, 2.24) is 0 Å². The third-order valence-corrected chi connectivity index (χ3v) is 2.60. The summed E-state index contributed by atoms with van der Waals surface area (Å²) in [6.07, 6.45) is 0.726. The first-order valence-electron chi connectivity index (χ1n) is 5.29. The number of hydrogen-bond donors (Lipinski definition) is 1. The first-order chi connectivity index (χ1) is 7.40. The lowest BCUT2D eigenvalue weighted by molar-refractivity contribution is -0.109. The minimum absolute atomic E-state index is 0.0314. The molecule has 0 aliphatic rings. The van der Waals surface area contributed by atoms with Gasteiger partial charge in [0.2, 0.25) is 0 Å². The van der Waals surface area contributed by atoms with Crippen LogP contribution < -0.4 is 10.5 Å². The smallest absolute Gasteiger partial charge is 0.141 e. The van der Waals surface area contributed by atoms with Crippen molar-refractivity contribution in [2.75, 3.05) is 7.11 Å². The average Bonchev–Trinajstić information content (AvgIpc) is 2.25. The molecule has 0 aliphatic heterocycles. The van der Waals surface area contributed by atoms with Crippen LogP contribution in [-0.2, 0) is 10.2 Å². The molecule has 16 heavy (non-hydrogen) atoms. The molecule has 0 spiro atoms. The number of carbonyl (C=O) groups excluding carboxylic acids is 1. The number of rotatable bonds is 3. The molecule has 1 rings (SSSR count).